The van der Waals surface area contributed by atoms with E-state index in [0.29, 0.717) is 25.0 Å². The average Bonchev–Trinajstić information content (AvgIpc) is 3.38. The molecule has 2 aromatic rings. The van der Waals surface area contributed by atoms with E-state index in [1.165, 1.54) is 28.0 Å². The van der Waals surface area contributed by atoms with Crippen LogP contribution in [-0.2, 0) is 32.3 Å². The molecule has 0 aliphatic carbocycles. The van der Waals surface area contributed by atoms with Gasteiger partial charge in [-0.25, -0.2) is 13.2 Å². The van der Waals surface area contributed by atoms with Gasteiger partial charge in [0, 0.05) is 38.8 Å². The van der Waals surface area contributed by atoms with Crippen LogP contribution in [0.4, 0.5) is 18.0 Å². The van der Waals surface area contributed by atoms with E-state index in [0.717, 1.165) is 34.6 Å². The van der Waals surface area contributed by atoms with Crippen molar-refractivity contribution in [2.75, 3.05) is 33.7 Å². The summed E-state index contributed by atoms with van der Waals surface area (Å²) in [6.07, 6.45) is -2.86. The largest absolute Gasteiger partial charge is 0.443 e. The number of hydrogen-bond donors (Lipinski definition) is 0. The highest BCUT2D eigenvalue weighted by atomic mass is 32.2. The number of amidine groups is 1. The Morgan fingerprint density at radius 1 is 1.05 bits per heavy atom. The van der Waals surface area contributed by atoms with Crippen molar-refractivity contribution < 1.29 is 35.9 Å². The van der Waals surface area contributed by atoms with Crippen molar-refractivity contribution in [3.05, 3.63) is 77.4 Å². The average molecular weight is 595 g/mol. The molecule has 41 heavy (non-hydrogen) atoms. The van der Waals surface area contributed by atoms with E-state index in [1.807, 2.05) is 0 Å². The lowest BCUT2D eigenvalue weighted by Gasteiger charge is -2.25. The van der Waals surface area contributed by atoms with Crippen LogP contribution >= 0.6 is 0 Å². The van der Waals surface area contributed by atoms with E-state index >= 15 is 0 Å². The van der Waals surface area contributed by atoms with Gasteiger partial charge in [-0.15, -0.1) is 0 Å². The number of likely N-dealkylation sites (N-methyl/N-ethyl adjacent to an activating group) is 2. The number of carbonyl (C=O) groups excluding carboxylic acids is 2. The van der Waals surface area contributed by atoms with Crippen molar-refractivity contribution in [1.82, 2.24) is 14.1 Å². The molecule has 222 valence electrons. The van der Waals surface area contributed by atoms with E-state index in [4.69, 9.17) is 4.74 Å². The molecule has 0 N–H and O–H groups in total. The minimum atomic E-state index is -4.83. The Labute approximate surface area is 238 Å². The number of nitrogens with zero attached hydrogens (tertiary/aromatic N) is 4. The van der Waals surface area contributed by atoms with Crippen LogP contribution in [0, 0.1) is 0 Å². The SMILES string of the molecule is CN(Cc1ccc(C2=NCCN2C(=O)OC(C)(C)C)cc1)C(=O)/C=C/CN(C)S(=O)(=O)c1ccccc1C(F)(F)F. The Balaban J connectivity index is 1.59. The smallest absolute Gasteiger partial charge is 0.417 e. The second-order valence-corrected chi connectivity index (χ2v) is 12.4. The number of benzene rings is 2. The topological polar surface area (TPSA) is 99.6 Å². The van der Waals surface area contributed by atoms with E-state index in [-0.39, 0.29) is 13.1 Å². The summed E-state index contributed by atoms with van der Waals surface area (Å²) in [7, 11) is -1.75. The van der Waals surface area contributed by atoms with Gasteiger partial charge in [-0.3, -0.25) is 14.7 Å². The first-order valence-electron chi connectivity index (χ1n) is 12.7. The van der Waals surface area contributed by atoms with Crippen molar-refractivity contribution in [2.24, 2.45) is 4.99 Å². The van der Waals surface area contributed by atoms with Gasteiger partial charge in [0.1, 0.15) is 11.4 Å². The van der Waals surface area contributed by atoms with Crippen LogP contribution in [0.5, 0.6) is 0 Å². The first kappa shape index (κ1) is 31.8. The molecule has 0 aromatic heterocycles. The van der Waals surface area contributed by atoms with Gasteiger partial charge in [0.25, 0.3) is 0 Å². The Morgan fingerprint density at radius 2 is 1.68 bits per heavy atom. The number of amides is 2. The first-order chi connectivity index (χ1) is 19.0. The third-order valence-electron chi connectivity index (χ3n) is 5.97. The molecule has 0 radical (unpaired) electrons. The number of ether oxygens (including phenoxy) is 1. The second kappa shape index (κ2) is 12.4. The molecule has 1 aliphatic rings. The molecule has 1 aliphatic heterocycles. The summed E-state index contributed by atoms with van der Waals surface area (Å²) < 4.78 is 71.6. The number of rotatable bonds is 8. The fourth-order valence-corrected chi connectivity index (χ4v) is 5.25. The molecule has 3 rings (SSSR count). The van der Waals surface area contributed by atoms with Crippen molar-refractivity contribution >= 4 is 27.9 Å². The monoisotopic (exact) mass is 594 g/mol. The van der Waals surface area contributed by atoms with Gasteiger partial charge >= 0.3 is 12.3 Å². The lowest BCUT2D eigenvalue weighted by Crippen LogP contribution is -2.39. The maximum Gasteiger partial charge on any atom is 0.417 e. The van der Waals surface area contributed by atoms with Crippen LogP contribution in [0.3, 0.4) is 0 Å². The van der Waals surface area contributed by atoms with Crippen molar-refractivity contribution in [2.45, 2.75) is 44.0 Å². The standard InChI is InChI=1S/C28H33F3N4O5S/c1-27(2,3)40-26(37)35-18-16-32-25(35)21-14-12-20(13-15-21)19-33(4)24(36)11-8-17-34(5)41(38,39)23-10-7-6-9-22(23)28(29,30)31/h6-15H,16-19H2,1-5H3/b11-8+. The Bertz CT molecular complexity index is 1430. The first-order valence-corrected chi connectivity index (χ1v) is 14.1. The Kier molecular flexibility index (Phi) is 9.65. The molecule has 2 aromatic carbocycles. The molecule has 0 bridgehead atoms. The summed E-state index contributed by atoms with van der Waals surface area (Å²) in [6.45, 7) is 6.18. The molecule has 13 heteroatoms. The molecule has 2 amide bonds. The molecule has 0 atom stereocenters. The quantitative estimate of drug-likeness (QED) is 0.418. The highest BCUT2D eigenvalue weighted by molar-refractivity contribution is 7.89. The highest BCUT2D eigenvalue weighted by Crippen LogP contribution is 2.34. The van der Waals surface area contributed by atoms with Crippen LogP contribution in [0.15, 0.2) is 70.6 Å². The molecule has 0 saturated carbocycles. The molecule has 1 heterocycles. The van der Waals surface area contributed by atoms with E-state index in [2.05, 4.69) is 4.99 Å². The summed E-state index contributed by atoms with van der Waals surface area (Å²) in [5, 5.41) is 0. The van der Waals surface area contributed by atoms with Gasteiger partial charge in [-0.2, -0.15) is 17.5 Å². The van der Waals surface area contributed by atoms with Gasteiger partial charge in [0.15, 0.2) is 0 Å². The zero-order valence-electron chi connectivity index (χ0n) is 23.5. The van der Waals surface area contributed by atoms with Crippen molar-refractivity contribution in [1.29, 1.82) is 0 Å². The van der Waals surface area contributed by atoms with Crippen LogP contribution in [-0.4, -0.2) is 79.7 Å². The molecule has 9 nitrogen and oxygen atoms in total. The zero-order chi connectivity index (χ0) is 30.6. The summed E-state index contributed by atoms with van der Waals surface area (Å²) in [4.78, 5) is 31.6. The predicted molar refractivity (Wildman–Crippen MR) is 148 cm³/mol. The van der Waals surface area contributed by atoms with Crippen LogP contribution < -0.4 is 0 Å². The van der Waals surface area contributed by atoms with Crippen molar-refractivity contribution in [3.8, 4) is 0 Å². The molecule has 0 saturated heterocycles. The summed E-state index contributed by atoms with van der Waals surface area (Å²) >= 11 is 0. The minimum Gasteiger partial charge on any atom is -0.443 e. The number of aliphatic imine (C=N–C) groups is 1. The predicted octanol–water partition coefficient (Wildman–Crippen LogP) is 4.54. The number of alkyl halides is 3. The fraction of sp³-hybridized carbons (Fsp3) is 0.393. The van der Waals surface area contributed by atoms with E-state index < -0.39 is 44.3 Å². The minimum absolute atomic E-state index is 0.235. The van der Waals surface area contributed by atoms with Gasteiger partial charge in [-0.05, 0) is 38.5 Å². The lowest BCUT2D eigenvalue weighted by atomic mass is 10.1. The Morgan fingerprint density at radius 3 is 2.29 bits per heavy atom. The van der Waals surface area contributed by atoms with Crippen LogP contribution in [0.25, 0.3) is 0 Å². The third kappa shape index (κ3) is 8.17. The van der Waals surface area contributed by atoms with Gasteiger partial charge in [0.2, 0.25) is 15.9 Å². The number of sulfonamides is 1. The lowest BCUT2D eigenvalue weighted by molar-refractivity contribution is -0.140. The molecule has 0 spiro atoms. The Hall–Kier alpha value is -3.71. The number of halogens is 3. The summed E-state index contributed by atoms with van der Waals surface area (Å²) in [5.74, 6) is 0.0851. The molecular formula is C28H33F3N4O5S. The third-order valence-corrected chi connectivity index (χ3v) is 7.85. The summed E-state index contributed by atoms with van der Waals surface area (Å²) in [6, 6.07) is 11.1. The maximum absolute atomic E-state index is 13.3. The number of hydrogen-bond acceptors (Lipinski definition) is 6. The second-order valence-electron chi connectivity index (χ2n) is 10.4. The van der Waals surface area contributed by atoms with Crippen LogP contribution in [0.1, 0.15) is 37.5 Å². The van der Waals surface area contributed by atoms with E-state index in [1.54, 1.807) is 52.1 Å². The molecule has 0 unspecified atom stereocenters. The van der Waals surface area contributed by atoms with Crippen molar-refractivity contribution in [3.63, 3.8) is 0 Å². The fourth-order valence-electron chi connectivity index (χ4n) is 3.92. The number of carbonyl (C=O) groups is 2. The maximum atomic E-state index is 13.3. The molecule has 0 fully saturated rings. The van der Waals surface area contributed by atoms with E-state index in [9.17, 15) is 31.2 Å². The zero-order valence-corrected chi connectivity index (χ0v) is 24.3. The van der Waals surface area contributed by atoms with Crippen LogP contribution in [0.2, 0.25) is 0 Å². The summed E-state index contributed by atoms with van der Waals surface area (Å²) in [5.41, 5.74) is -0.371. The highest BCUT2D eigenvalue weighted by Gasteiger charge is 2.38. The molecular weight excluding hydrogens is 561 g/mol. The normalized spacial score (nSPS) is 14.5. The van der Waals surface area contributed by atoms with Gasteiger partial charge in [-0.1, -0.05) is 42.5 Å². The van der Waals surface area contributed by atoms with Gasteiger partial charge < -0.3 is 9.64 Å². The van der Waals surface area contributed by atoms with Gasteiger partial charge in [0.05, 0.1) is 23.5 Å².